The third-order valence-electron chi connectivity index (χ3n) is 4.92. The van der Waals surface area contributed by atoms with Gasteiger partial charge < -0.3 is 10.1 Å². The van der Waals surface area contributed by atoms with Gasteiger partial charge in [0.1, 0.15) is 5.75 Å². The summed E-state index contributed by atoms with van der Waals surface area (Å²) in [4.78, 5) is 16.9. The average molecular weight is 435 g/mol. The molecule has 0 saturated carbocycles. The Hall–Kier alpha value is -4.14. The normalized spacial score (nSPS) is 10.9. The maximum atomic E-state index is 12.9. The fraction of sp³-hybridized carbons (Fsp3) is 0.130. The number of alkyl halides is 2. The molecule has 0 unspecified atom stereocenters. The van der Waals surface area contributed by atoms with Crippen molar-refractivity contribution in [3.63, 3.8) is 0 Å². The highest BCUT2D eigenvalue weighted by molar-refractivity contribution is 6.04. The molecule has 0 aliphatic rings. The number of rotatable bonds is 6. The van der Waals surface area contributed by atoms with Gasteiger partial charge in [-0.2, -0.15) is 8.78 Å². The van der Waals surface area contributed by atoms with Gasteiger partial charge in [0.25, 0.3) is 5.91 Å². The first-order valence-corrected chi connectivity index (χ1v) is 9.72. The highest BCUT2D eigenvalue weighted by Gasteiger charge is 2.18. The van der Waals surface area contributed by atoms with Crippen LogP contribution in [0.1, 0.15) is 21.7 Å². The highest BCUT2D eigenvalue weighted by Crippen LogP contribution is 2.26. The molecule has 7 nitrogen and oxygen atoms in total. The topological polar surface area (TPSA) is 81.9 Å². The minimum atomic E-state index is -2.90. The predicted octanol–water partition coefficient (Wildman–Crippen LogP) is 4.80. The van der Waals surface area contributed by atoms with E-state index in [0.717, 1.165) is 16.7 Å². The second-order valence-electron chi connectivity index (χ2n) is 7.03. The lowest BCUT2D eigenvalue weighted by Crippen LogP contribution is -2.15. The molecule has 4 rings (SSSR count). The molecular formula is C23H19F2N5O2. The van der Waals surface area contributed by atoms with Crippen LogP contribution in [0, 0.1) is 13.8 Å². The second kappa shape index (κ2) is 8.93. The number of anilines is 1. The lowest BCUT2D eigenvalue weighted by atomic mass is 10.0. The molecule has 0 radical (unpaired) electrons. The van der Waals surface area contributed by atoms with Crippen molar-refractivity contribution in [2.75, 3.05) is 5.32 Å². The molecular weight excluding hydrogens is 416 g/mol. The molecule has 0 saturated heterocycles. The first-order valence-electron chi connectivity index (χ1n) is 9.72. The van der Waals surface area contributed by atoms with Crippen molar-refractivity contribution in [3.05, 3.63) is 83.9 Å². The lowest BCUT2D eigenvalue weighted by Gasteiger charge is -2.10. The molecule has 32 heavy (non-hydrogen) atoms. The molecule has 2 aromatic heterocycles. The van der Waals surface area contributed by atoms with Crippen LogP contribution < -0.4 is 10.1 Å². The van der Waals surface area contributed by atoms with Crippen LogP contribution >= 0.6 is 0 Å². The number of hydrogen-bond donors (Lipinski definition) is 1. The molecule has 2 aromatic carbocycles. The minimum Gasteiger partial charge on any atom is -0.435 e. The van der Waals surface area contributed by atoms with Crippen molar-refractivity contribution in [1.82, 2.24) is 20.0 Å². The number of carbonyl (C=O) groups is 1. The summed E-state index contributed by atoms with van der Waals surface area (Å²) in [5, 5.41) is 10.9. The number of pyridine rings is 1. The number of benzene rings is 2. The van der Waals surface area contributed by atoms with Gasteiger partial charge in [0.2, 0.25) is 0 Å². The zero-order chi connectivity index (χ0) is 22.7. The highest BCUT2D eigenvalue weighted by atomic mass is 19.3. The predicted molar refractivity (Wildman–Crippen MR) is 115 cm³/mol. The SMILES string of the molecule is Cc1ccc(-c2ccncc2)cc1NC(=O)c1nnn(-c2ccc(OC(F)F)cc2)c1C. The van der Waals surface area contributed by atoms with Crippen molar-refractivity contribution < 1.29 is 18.3 Å². The number of halogens is 2. The molecule has 0 aliphatic carbocycles. The Bertz CT molecular complexity index is 1240. The zero-order valence-corrected chi connectivity index (χ0v) is 17.3. The molecule has 0 atom stereocenters. The van der Waals surface area contributed by atoms with Gasteiger partial charge in [-0.15, -0.1) is 5.10 Å². The molecule has 1 N–H and O–H groups in total. The quantitative estimate of drug-likeness (QED) is 0.471. The van der Waals surface area contributed by atoms with Crippen LogP contribution in [-0.4, -0.2) is 32.5 Å². The summed E-state index contributed by atoms with van der Waals surface area (Å²) >= 11 is 0. The summed E-state index contributed by atoms with van der Waals surface area (Å²) < 4.78 is 30.5. The van der Waals surface area contributed by atoms with E-state index in [4.69, 9.17) is 0 Å². The van der Waals surface area contributed by atoms with Gasteiger partial charge in [-0.05, 0) is 73.0 Å². The maximum Gasteiger partial charge on any atom is 0.387 e. The van der Waals surface area contributed by atoms with Crippen molar-refractivity contribution in [3.8, 4) is 22.6 Å². The summed E-state index contributed by atoms with van der Waals surface area (Å²) in [5.74, 6) is -0.370. The monoisotopic (exact) mass is 435 g/mol. The van der Waals surface area contributed by atoms with Gasteiger partial charge >= 0.3 is 6.61 Å². The fourth-order valence-corrected chi connectivity index (χ4v) is 3.22. The Kier molecular flexibility index (Phi) is 5.89. The van der Waals surface area contributed by atoms with Crippen LogP contribution in [0.2, 0.25) is 0 Å². The Balaban J connectivity index is 1.56. The van der Waals surface area contributed by atoms with E-state index in [1.165, 1.54) is 16.8 Å². The first kappa shape index (κ1) is 21.1. The van der Waals surface area contributed by atoms with E-state index >= 15 is 0 Å². The van der Waals surface area contributed by atoms with Crippen LogP contribution in [0.25, 0.3) is 16.8 Å². The van der Waals surface area contributed by atoms with E-state index in [1.54, 1.807) is 31.5 Å². The van der Waals surface area contributed by atoms with Gasteiger partial charge in [-0.1, -0.05) is 17.3 Å². The summed E-state index contributed by atoms with van der Waals surface area (Å²) in [5.41, 5.74) is 4.71. The number of nitrogens with one attached hydrogen (secondary N) is 1. The van der Waals surface area contributed by atoms with Crippen LogP contribution in [-0.2, 0) is 0 Å². The van der Waals surface area contributed by atoms with Crippen molar-refractivity contribution in [1.29, 1.82) is 0 Å². The smallest absolute Gasteiger partial charge is 0.387 e. The van der Waals surface area contributed by atoms with E-state index < -0.39 is 12.5 Å². The largest absolute Gasteiger partial charge is 0.435 e. The maximum absolute atomic E-state index is 12.9. The molecule has 1 amide bonds. The van der Waals surface area contributed by atoms with Gasteiger partial charge in [-0.25, -0.2) is 4.68 Å². The summed E-state index contributed by atoms with van der Waals surface area (Å²) in [6, 6.07) is 15.5. The van der Waals surface area contributed by atoms with Crippen LogP contribution in [0.4, 0.5) is 14.5 Å². The number of nitrogens with zero attached hydrogens (tertiary/aromatic N) is 4. The van der Waals surface area contributed by atoms with Crippen LogP contribution in [0.5, 0.6) is 5.75 Å². The molecule has 162 valence electrons. The number of carbonyl (C=O) groups excluding carboxylic acids is 1. The van der Waals surface area contributed by atoms with Crippen molar-refractivity contribution >= 4 is 11.6 Å². The van der Waals surface area contributed by atoms with E-state index in [9.17, 15) is 13.6 Å². The molecule has 0 spiro atoms. The zero-order valence-electron chi connectivity index (χ0n) is 17.3. The number of hydrogen-bond acceptors (Lipinski definition) is 5. The number of aromatic nitrogens is 4. The van der Waals surface area contributed by atoms with Crippen molar-refractivity contribution in [2.45, 2.75) is 20.5 Å². The lowest BCUT2D eigenvalue weighted by molar-refractivity contribution is -0.0498. The molecule has 2 heterocycles. The van der Waals surface area contributed by atoms with E-state index in [0.29, 0.717) is 17.1 Å². The molecule has 9 heteroatoms. The van der Waals surface area contributed by atoms with E-state index in [1.807, 2.05) is 37.3 Å². The Morgan fingerprint density at radius 1 is 1.00 bits per heavy atom. The number of aryl methyl sites for hydroxylation is 1. The van der Waals surface area contributed by atoms with E-state index in [2.05, 4.69) is 25.3 Å². The number of ether oxygens (including phenoxy) is 1. The Labute approximate surface area is 182 Å². The molecule has 0 fully saturated rings. The van der Waals surface area contributed by atoms with Crippen molar-refractivity contribution in [2.24, 2.45) is 0 Å². The van der Waals surface area contributed by atoms with Gasteiger partial charge in [-0.3, -0.25) is 9.78 Å². The van der Waals surface area contributed by atoms with Gasteiger partial charge in [0.05, 0.1) is 11.4 Å². The molecule has 0 aliphatic heterocycles. The Morgan fingerprint density at radius 2 is 1.72 bits per heavy atom. The first-order chi connectivity index (χ1) is 15.4. The second-order valence-corrected chi connectivity index (χ2v) is 7.03. The van der Waals surface area contributed by atoms with Gasteiger partial charge in [0, 0.05) is 18.1 Å². The fourth-order valence-electron chi connectivity index (χ4n) is 3.22. The van der Waals surface area contributed by atoms with E-state index in [-0.39, 0.29) is 11.4 Å². The van der Waals surface area contributed by atoms with Crippen LogP contribution in [0.3, 0.4) is 0 Å². The number of amides is 1. The molecule has 4 aromatic rings. The standard InChI is InChI=1S/C23H19F2N5O2/c1-14-3-4-17(16-9-11-26-12-10-16)13-20(14)27-22(31)21-15(2)30(29-28-21)18-5-7-19(8-6-18)32-23(24)25/h3-13,23H,1-2H3,(H,27,31). The van der Waals surface area contributed by atoms with Gasteiger partial charge in [0.15, 0.2) is 5.69 Å². The van der Waals surface area contributed by atoms with Crippen LogP contribution in [0.15, 0.2) is 67.0 Å². The average Bonchev–Trinajstić information content (AvgIpc) is 3.17. The minimum absolute atomic E-state index is 0.0315. The third-order valence-corrected chi connectivity index (χ3v) is 4.92. The Morgan fingerprint density at radius 3 is 2.41 bits per heavy atom. The third kappa shape index (κ3) is 4.46. The summed E-state index contributed by atoms with van der Waals surface area (Å²) in [6.45, 7) is 0.710. The summed E-state index contributed by atoms with van der Waals surface area (Å²) in [6.07, 6.45) is 3.42. The molecule has 0 bridgehead atoms. The summed E-state index contributed by atoms with van der Waals surface area (Å²) in [7, 11) is 0.